The smallest absolute Gasteiger partial charge is 0.233 e. The highest BCUT2D eigenvalue weighted by Crippen LogP contribution is 2.32. The number of nitrogens with one attached hydrogen (secondary N) is 2. The van der Waals surface area contributed by atoms with Gasteiger partial charge in [-0.1, -0.05) is 29.8 Å². The molecule has 1 heterocycles. The lowest BCUT2D eigenvalue weighted by Gasteiger charge is -2.12. The van der Waals surface area contributed by atoms with Gasteiger partial charge < -0.3 is 10.6 Å². The lowest BCUT2D eigenvalue weighted by molar-refractivity contribution is -0.117. The van der Waals surface area contributed by atoms with E-state index in [2.05, 4.69) is 10.6 Å². The van der Waals surface area contributed by atoms with Gasteiger partial charge in [-0.25, -0.2) is 4.39 Å². The van der Waals surface area contributed by atoms with Crippen LogP contribution in [-0.4, -0.2) is 12.5 Å². The van der Waals surface area contributed by atoms with Crippen LogP contribution in [0.5, 0.6) is 0 Å². The van der Waals surface area contributed by atoms with Crippen molar-refractivity contribution in [1.82, 2.24) is 0 Å². The SMILES string of the molecule is O=C(Nc1cc(Cl)ccc1F)C1CNc2ccccc21. The van der Waals surface area contributed by atoms with Gasteiger partial charge in [-0.05, 0) is 29.8 Å². The summed E-state index contributed by atoms with van der Waals surface area (Å²) >= 11 is 5.81. The third-order valence-corrected chi connectivity index (χ3v) is 3.57. The highest BCUT2D eigenvalue weighted by atomic mass is 35.5. The van der Waals surface area contributed by atoms with Crippen LogP contribution >= 0.6 is 11.6 Å². The maximum Gasteiger partial charge on any atom is 0.233 e. The largest absolute Gasteiger partial charge is 0.384 e. The Morgan fingerprint density at radius 2 is 2.10 bits per heavy atom. The fourth-order valence-corrected chi connectivity index (χ4v) is 2.50. The van der Waals surface area contributed by atoms with Gasteiger partial charge in [-0.15, -0.1) is 0 Å². The number of anilines is 2. The van der Waals surface area contributed by atoms with Crippen molar-refractivity contribution in [2.24, 2.45) is 0 Å². The van der Waals surface area contributed by atoms with E-state index in [9.17, 15) is 9.18 Å². The number of carbonyl (C=O) groups excluding carboxylic acids is 1. The Hall–Kier alpha value is -2.07. The van der Waals surface area contributed by atoms with E-state index in [-0.39, 0.29) is 17.5 Å². The van der Waals surface area contributed by atoms with Gasteiger partial charge in [-0.2, -0.15) is 0 Å². The molecule has 1 amide bonds. The van der Waals surface area contributed by atoms with Gasteiger partial charge in [0.15, 0.2) is 0 Å². The Balaban J connectivity index is 1.83. The maximum absolute atomic E-state index is 13.6. The van der Waals surface area contributed by atoms with Crippen LogP contribution in [0.2, 0.25) is 5.02 Å². The summed E-state index contributed by atoms with van der Waals surface area (Å²) in [5, 5.41) is 6.14. The zero-order chi connectivity index (χ0) is 14.1. The third kappa shape index (κ3) is 2.34. The van der Waals surface area contributed by atoms with Crippen LogP contribution in [0, 0.1) is 5.82 Å². The quantitative estimate of drug-likeness (QED) is 0.887. The number of carbonyl (C=O) groups is 1. The van der Waals surface area contributed by atoms with E-state index in [4.69, 9.17) is 11.6 Å². The molecule has 0 fully saturated rings. The minimum atomic E-state index is -0.498. The predicted molar refractivity (Wildman–Crippen MR) is 77.7 cm³/mol. The zero-order valence-corrected chi connectivity index (χ0v) is 11.2. The predicted octanol–water partition coefficient (Wildman–Crippen LogP) is 3.63. The highest BCUT2D eigenvalue weighted by Gasteiger charge is 2.28. The lowest BCUT2D eigenvalue weighted by atomic mass is 10.0. The van der Waals surface area contributed by atoms with Crippen molar-refractivity contribution in [3.63, 3.8) is 0 Å². The molecule has 20 heavy (non-hydrogen) atoms. The van der Waals surface area contributed by atoms with Gasteiger partial charge in [0.2, 0.25) is 5.91 Å². The van der Waals surface area contributed by atoms with Crippen LogP contribution in [0.25, 0.3) is 0 Å². The molecule has 1 aliphatic heterocycles. The molecule has 1 unspecified atom stereocenters. The number of para-hydroxylation sites is 1. The normalized spacial score (nSPS) is 16.4. The monoisotopic (exact) mass is 290 g/mol. The summed E-state index contributed by atoms with van der Waals surface area (Å²) in [4.78, 5) is 12.3. The molecule has 0 spiro atoms. The number of hydrogen-bond acceptors (Lipinski definition) is 2. The van der Waals surface area contributed by atoms with Crippen molar-refractivity contribution >= 4 is 28.9 Å². The van der Waals surface area contributed by atoms with E-state index in [0.29, 0.717) is 11.6 Å². The maximum atomic E-state index is 13.6. The van der Waals surface area contributed by atoms with Crippen molar-refractivity contribution < 1.29 is 9.18 Å². The fourth-order valence-electron chi connectivity index (χ4n) is 2.33. The van der Waals surface area contributed by atoms with Crippen molar-refractivity contribution in [3.8, 4) is 0 Å². The molecule has 2 aromatic carbocycles. The molecule has 5 heteroatoms. The van der Waals surface area contributed by atoms with E-state index in [1.807, 2.05) is 24.3 Å². The highest BCUT2D eigenvalue weighted by molar-refractivity contribution is 6.30. The van der Waals surface area contributed by atoms with Crippen LogP contribution in [0.3, 0.4) is 0 Å². The number of rotatable bonds is 2. The summed E-state index contributed by atoms with van der Waals surface area (Å²) in [7, 11) is 0. The second-order valence-corrected chi connectivity index (χ2v) is 5.07. The topological polar surface area (TPSA) is 41.1 Å². The Bertz CT molecular complexity index is 675. The number of halogens is 2. The molecule has 2 aromatic rings. The van der Waals surface area contributed by atoms with Gasteiger partial charge in [0, 0.05) is 17.3 Å². The van der Waals surface area contributed by atoms with Crippen LogP contribution in [0.4, 0.5) is 15.8 Å². The summed E-state index contributed by atoms with van der Waals surface area (Å²) in [5.74, 6) is -1.07. The van der Waals surface area contributed by atoms with E-state index < -0.39 is 5.82 Å². The van der Waals surface area contributed by atoms with E-state index in [0.717, 1.165) is 11.3 Å². The van der Waals surface area contributed by atoms with Crippen molar-refractivity contribution in [3.05, 3.63) is 58.9 Å². The van der Waals surface area contributed by atoms with Gasteiger partial charge in [0.1, 0.15) is 5.82 Å². The first-order valence-electron chi connectivity index (χ1n) is 6.24. The summed E-state index contributed by atoms with van der Waals surface area (Å²) in [5.41, 5.74) is 1.97. The van der Waals surface area contributed by atoms with Crippen molar-refractivity contribution in [2.45, 2.75) is 5.92 Å². The van der Waals surface area contributed by atoms with Gasteiger partial charge in [0.25, 0.3) is 0 Å². The second-order valence-electron chi connectivity index (χ2n) is 4.63. The summed E-state index contributed by atoms with van der Waals surface area (Å²) in [6.45, 7) is 0.507. The molecule has 1 atom stereocenters. The molecule has 0 bridgehead atoms. The van der Waals surface area contributed by atoms with E-state index >= 15 is 0 Å². The van der Waals surface area contributed by atoms with Crippen LogP contribution < -0.4 is 10.6 Å². The Morgan fingerprint density at radius 3 is 2.95 bits per heavy atom. The molecular formula is C15H12ClFN2O. The second kappa shape index (κ2) is 5.13. The minimum Gasteiger partial charge on any atom is -0.384 e. The van der Waals surface area contributed by atoms with Gasteiger partial charge >= 0.3 is 0 Å². The average Bonchev–Trinajstić information content (AvgIpc) is 2.87. The summed E-state index contributed by atoms with van der Waals surface area (Å²) < 4.78 is 13.6. The molecule has 3 nitrogen and oxygen atoms in total. The van der Waals surface area contributed by atoms with Crippen LogP contribution in [-0.2, 0) is 4.79 Å². The number of amides is 1. The Kier molecular flexibility index (Phi) is 3.32. The van der Waals surface area contributed by atoms with E-state index in [1.165, 1.54) is 18.2 Å². The minimum absolute atomic E-state index is 0.104. The number of hydrogen-bond donors (Lipinski definition) is 2. The summed E-state index contributed by atoms with van der Waals surface area (Å²) in [6.07, 6.45) is 0. The lowest BCUT2D eigenvalue weighted by Crippen LogP contribution is -2.23. The molecular weight excluding hydrogens is 279 g/mol. The van der Waals surface area contributed by atoms with Crippen LogP contribution in [0.15, 0.2) is 42.5 Å². The molecule has 0 aliphatic carbocycles. The molecule has 0 aromatic heterocycles. The molecule has 2 N–H and O–H groups in total. The molecule has 3 rings (SSSR count). The van der Waals surface area contributed by atoms with Crippen LogP contribution in [0.1, 0.15) is 11.5 Å². The standard InChI is InChI=1S/C15H12ClFN2O/c16-9-5-6-12(17)14(7-9)19-15(20)11-8-18-13-4-2-1-3-10(11)13/h1-7,11,18H,8H2,(H,19,20). The molecule has 102 valence electrons. The van der Waals surface area contributed by atoms with Crippen molar-refractivity contribution in [2.75, 3.05) is 17.2 Å². The molecule has 0 radical (unpaired) electrons. The molecule has 0 saturated heterocycles. The van der Waals surface area contributed by atoms with Gasteiger partial charge in [-0.3, -0.25) is 4.79 Å². The first-order chi connectivity index (χ1) is 9.65. The van der Waals surface area contributed by atoms with Crippen molar-refractivity contribution in [1.29, 1.82) is 0 Å². The zero-order valence-electron chi connectivity index (χ0n) is 10.5. The fraction of sp³-hybridized carbons (Fsp3) is 0.133. The van der Waals surface area contributed by atoms with E-state index in [1.54, 1.807) is 0 Å². The first-order valence-corrected chi connectivity index (χ1v) is 6.61. The van der Waals surface area contributed by atoms with Gasteiger partial charge in [0.05, 0.1) is 11.6 Å². The Morgan fingerprint density at radius 1 is 1.30 bits per heavy atom. The summed E-state index contributed by atoms with van der Waals surface area (Å²) in [6, 6.07) is 11.7. The molecule has 0 saturated carbocycles. The average molecular weight is 291 g/mol. The molecule has 1 aliphatic rings. The number of fused-ring (bicyclic) bond motifs is 1. The first kappa shape index (κ1) is 12.9. The number of benzene rings is 2. The third-order valence-electron chi connectivity index (χ3n) is 3.34. The Labute approximate surface area is 120 Å².